The number of aliphatic hydroxyl groups excluding tert-OH is 1. The van der Waals surface area contributed by atoms with E-state index in [0.29, 0.717) is 23.0 Å². The lowest BCUT2D eigenvalue weighted by Gasteiger charge is -2.23. The molecule has 0 bridgehead atoms. The van der Waals surface area contributed by atoms with Crippen molar-refractivity contribution in [1.29, 1.82) is 0 Å². The van der Waals surface area contributed by atoms with Gasteiger partial charge in [0.15, 0.2) is 0 Å². The minimum absolute atomic E-state index is 0.000840. The molecule has 0 saturated carbocycles. The highest BCUT2D eigenvalue weighted by Crippen LogP contribution is 2.25. The second kappa shape index (κ2) is 21.5. The number of benzene rings is 4. The van der Waals surface area contributed by atoms with E-state index in [0.717, 1.165) is 22.3 Å². The van der Waals surface area contributed by atoms with E-state index >= 15 is 0 Å². The summed E-state index contributed by atoms with van der Waals surface area (Å²) in [5.41, 5.74) is 2.45. The first-order valence-corrected chi connectivity index (χ1v) is 22.1. The van der Waals surface area contributed by atoms with E-state index in [1.807, 2.05) is 48.5 Å². The van der Waals surface area contributed by atoms with E-state index in [9.17, 15) is 31.5 Å². The summed E-state index contributed by atoms with van der Waals surface area (Å²) in [6, 6.07) is 33.8. The molecule has 0 amide bonds. The Morgan fingerprint density at radius 2 is 0.871 bits per heavy atom. The van der Waals surface area contributed by atoms with Gasteiger partial charge in [0.05, 0.1) is 50.9 Å². The van der Waals surface area contributed by atoms with Gasteiger partial charge in [0, 0.05) is 50.7 Å². The van der Waals surface area contributed by atoms with Crippen LogP contribution in [0, 0.1) is 0 Å². The number of aromatic nitrogens is 2. The van der Waals surface area contributed by atoms with E-state index in [1.54, 1.807) is 77.0 Å². The molecule has 15 nitrogen and oxygen atoms in total. The Bertz CT molecular complexity index is 2590. The molecule has 6 aromatic rings. The summed E-state index contributed by atoms with van der Waals surface area (Å²) in [7, 11) is -1.54. The third-order valence-corrected chi connectivity index (χ3v) is 13.1. The van der Waals surface area contributed by atoms with Gasteiger partial charge in [0.1, 0.15) is 23.0 Å². The summed E-state index contributed by atoms with van der Waals surface area (Å²) in [5.74, 6) is 2.74. The second-order valence-electron chi connectivity index (χ2n) is 14.0. The molecule has 0 aliphatic carbocycles. The number of aromatic amines is 1. The van der Waals surface area contributed by atoms with Crippen LogP contribution in [0.2, 0.25) is 0 Å². The number of nitrogens with one attached hydrogen (secondary N) is 1. The topological polar surface area (TPSA) is 187 Å². The van der Waals surface area contributed by atoms with Crippen LogP contribution in [0.1, 0.15) is 29.2 Å². The number of pyridine rings is 2. The summed E-state index contributed by atoms with van der Waals surface area (Å²) in [6.07, 6.45) is 1.70. The van der Waals surface area contributed by atoms with Gasteiger partial charge in [0.2, 0.25) is 25.6 Å². The highest BCUT2D eigenvalue weighted by Gasteiger charge is 2.27. The predicted octanol–water partition coefficient (Wildman–Crippen LogP) is 5.42. The summed E-state index contributed by atoms with van der Waals surface area (Å²) in [4.78, 5) is 25.9. The fourth-order valence-electron chi connectivity index (χ4n) is 6.13. The molecule has 0 aliphatic rings. The van der Waals surface area contributed by atoms with Gasteiger partial charge in [-0.05, 0) is 89.8 Å². The minimum atomic E-state index is -3.97. The van der Waals surface area contributed by atoms with Crippen molar-refractivity contribution in [3.8, 4) is 23.0 Å². The van der Waals surface area contributed by atoms with E-state index in [4.69, 9.17) is 18.9 Å². The molecule has 0 unspecified atom stereocenters. The Kier molecular flexibility index (Phi) is 16.2. The molecule has 0 saturated heterocycles. The van der Waals surface area contributed by atoms with E-state index in [1.165, 1.54) is 56.8 Å². The number of sulfonamides is 2. The molecule has 0 aliphatic heterocycles. The van der Waals surface area contributed by atoms with Crippen molar-refractivity contribution in [1.82, 2.24) is 18.2 Å². The molecule has 6 rings (SSSR count). The lowest BCUT2D eigenvalue weighted by atomic mass is 10.2. The molecular weight excluding hydrogens is 837 g/mol. The zero-order valence-corrected chi connectivity index (χ0v) is 36.6. The molecule has 2 heterocycles. The number of aliphatic hydroxyl groups is 1. The van der Waals surface area contributed by atoms with Crippen molar-refractivity contribution in [2.45, 2.75) is 55.5 Å². The molecule has 0 spiro atoms. The molecule has 0 radical (unpaired) electrons. The van der Waals surface area contributed by atoms with Gasteiger partial charge in [-0.2, -0.15) is 8.61 Å². The molecule has 328 valence electrons. The predicted molar refractivity (Wildman–Crippen MR) is 234 cm³/mol. The number of hydrogen-bond donors (Lipinski definition) is 2. The lowest BCUT2D eigenvalue weighted by Crippen LogP contribution is -2.32. The summed E-state index contributed by atoms with van der Waals surface area (Å²) < 4.78 is 78.4. The van der Waals surface area contributed by atoms with Crippen LogP contribution in [0.4, 0.5) is 0 Å². The van der Waals surface area contributed by atoms with Gasteiger partial charge in [-0.25, -0.2) is 16.8 Å². The second-order valence-corrected chi connectivity index (χ2v) is 17.9. The number of hydrogen-bond acceptors (Lipinski definition) is 11. The molecule has 2 aromatic heterocycles. The maximum atomic E-state index is 13.6. The van der Waals surface area contributed by atoms with Crippen LogP contribution in [0.3, 0.4) is 0 Å². The normalized spacial score (nSPS) is 12.0. The number of H-pyrrole nitrogens is 1. The van der Waals surface area contributed by atoms with E-state index in [2.05, 4.69) is 4.98 Å². The molecule has 17 heteroatoms. The van der Waals surface area contributed by atoms with Crippen molar-refractivity contribution in [3.05, 3.63) is 177 Å². The van der Waals surface area contributed by atoms with Crippen LogP contribution in [-0.2, 0) is 52.8 Å². The van der Waals surface area contributed by atoms with Gasteiger partial charge in [0.25, 0.3) is 5.56 Å². The van der Waals surface area contributed by atoms with Crippen molar-refractivity contribution in [2.24, 2.45) is 0 Å². The standard InChI is InChI=1S/C24H28N2O6S.C21H22N2O5S/c1-18(27)14-25-17-23(12-13-24(25)28)33(29,30)26(15-19-4-8-21(31-2)9-5-19)16-20-6-10-22(32-3)11-7-20;1-27-18-7-3-16(4-8-18)14-23(15-17-5-9-19(28-2)10-6-17)29(25,26)20-11-12-21(24)22-13-20/h4-13,17-18,27H,14-16H2,1-3H3;3-13H,14-15H2,1-2H3,(H,22,24)/t18-;/m1./s1. The molecule has 2 N–H and O–H groups in total. The van der Waals surface area contributed by atoms with Crippen LogP contribution in [0.15, 0.2) is 153 Å². The lowest BCUT2D eigenvalue weighted by molar-refractivity contribution is 0.171. The highest BCUT2D eigenvalue weighted by molar-refractivity contribution is 7.89. The van der Waals surface area contributed by atoms with Crippen molar-refractivity contribution in [3.63, 3.8) is 0 Å². The Labute approximate surface area is 361 Å². The maximum Gasteiger partial charge on any atom is 0.250 e. The number of methoxy groups -OCH3 is 4. The number of rotatable bonds is 18. The van der Waals surface area contributed by atoms with Crippen LogP contribution < -0.4 is 30.1 Å². The van der Waals surface area contributed by atoms with Crippen LogP contribution in [-0.4, -0.2) is 74.6 Å². The fourth-order valence-corrected chi connectivity index (χ4v) is 8.96. The molecule has 4 aromatic carbocycles. The minimum Gasteiger partial charge on any atom is -0.497 e. The third kappa shape index (κ3) is 12.7. The van der Waals surface area contributed by atoms with E-state index in [-0.39, 0.29) is 53.6 Å². The number of nitrogens with zero attached hydrogens (tertiary/aromatic N) is 3. The zero-order valence-electron chi connectivity index (χ0n) is 35.0. The third-order valence-electron chi connectivity index (χ3n) is 9.52. The molecular formula is C45H50N4O11S2. The fraction of sp³-hybridized carbons (Fsp3) is 0.244. The zero-order chi connectivity index (χ0) is 44.9. The summed E-state index contributed by atoms with van der Waals surface area (Å²) >= 11 is 0. The van der Waals surface area contributed by atoms with Crippen molar-refractivity contribution >= 4 is 20.0 Å². The smallest absolute Gasteiger partial charge is 0.250 e. The average molecular weight is 887 g/mol. The Morgan fingerprint density at radius 3 is 1.18 bits per heavy atom. The van der Waals surface area contributed by atoms with E-state index < -0.39 is 26.2 Å². The maximum absolute atomic E-state index is 13.6. The Balaban J connectivity index is 0.000000236. The SMILES string of the molecule is COc1ccc(CN(Cc2ccc(OC)cc2)S(=O)(=O)c2ccc(=O)[nH]c2)cc1.COc1ccc(CN(Cc2ccc(OC)cc2)S(=O)(=O)c2ccc(=O)n(C[C@@H](C)O)c2)cc1. The Morgan fingerprint density at radius 1 is 0.532 bits per heavy atom. The van der Waals surface area contributed by atoms with Crippen molar-refractivity contribution in [2.75, 3.05) is 28.4 Å². The van der Waals surface area contributed by atoms with Gasteiger partial charge >= 0.3 is 0 Å². The average Bonchev–Trinajstić information content (AvgIpc) is 3.27. The van der Waals surface area contributed by atoms with Crippen LogP contribution >= 0.6 is 0 Å². The molecule has 62 heavy (non-hydrogen) atoms. The van der Waals surface area contributed by atoms with Gasteiger partial charge in [-0.1, -0.05) is 48.5 Å². The highest BCUT2D eigenvalue weighted by atomic mass is 32.2. The van der Waals surface area contributed by atoms with Crippen LogP contribution in [0.25, 0.3) is 0 Å². The molecule has 1 atom stereocenters. The van der Waals surface area contributed by atoms with Gasteiger partial charge in [-0.3, -0.25) is 9.59 Å². The first kappa shape index (κ1) is 46.8. The van der Waals surface area contributed by atoms with Crippen molar-refractivity contribution < 1.29 is 40.9 Å². The first-order chi connectivity index (χ1) is 29.6. The number of ether oxygens (including phenoxy) is 4. The quantitative estimate of drug-likeness (QED) is 0.112. The first-order valence-electron chi connectivity index (χ1n) is 19.2. The summed E-state index contributed by atoms with van der Waals surface area (Å²) in [5, 5.41) is 9.67. The van der Waals surface area contributed by atoms with Gasteiger partial charge in [-0.15, -0.1) is 0 Å². The monoisotopic (exact) mass is 886 g/mol. The molecule has 0 fully saturated rings. The van der Waals surface area contributed by atoms with Gasteiger partial charge < -0.3 is 33.6 Å². The largest absolute Gasteiger partial charge is 0.497 e. The Hall–Kier alpha value is -6.24. The summed E-state index contributed by atoms with van der Waals surface area (Å²) in [6.45, 7) is 2.10. The van der Waals surface area contributed by atoms with Crippen LogP contribution in [0.5, 0.6) is 23.0 Å².